The quantitative estimate of drug-likeness (QED) is 0.440. The average Bonchev–Trinajstić information content (AvgIpc) is 2.61. The van der Waals surface area contributed by atoms with Crippen LogP contribution in [0.5, 0.6) is 5.75 Å². The van der Waals surface area contributed by atoms with Gasteiger partial charge in [-0.1, -0.05) is 56.3 Å². The maximum atomic E-state index is 9.89. The first-order valence-electron chi connectivity index (χ1n) is 9.63. The minimum Gasteiger partial charge on any atom is -1.00 e. The van der Waals surface area contributed by atoms with Crippen LogP contribution in [0.4, 0.5) is 0 Å². The number of piperazine rings is 1. The van der Waals surface area contributed by atoms with Gasteiger partial charge in [0.05, 0.1) is 0 Å². The molecule has 1 atom stereocenters. The fourth-order valence-electron chi connectivity index (χ4n) is 4.09. The van der Waals surface area contributed by atoms with E-state index in [4.69, 9.17) is 0 Å². The van der Waals surface area contributed by atoms with Gasteiger partial charge >= 0.3 is 0 Å². The Balaban J connectivity index is 0.00000182. The Morgan fingerprint density at radius 3 is 2.15 bits per heavy atom. The smallest absolute Gasteiger partial charge is 0.128 e. The number of benzene rings is 2. The summed E-state index contributed by atoms with van der Waals surface area (Å²) in [7, 11) is 0. The van der Waals surface area contributed by atoms with Crippen molar-refractivity contribution < 1.29 is 39.7 Å². The number of halogens is 2. The first-order valence-corrected chi connectivity index (χ1v) is 9.63. The lowest BCUT2D eigenvalue weighted by atomic mass is 9.94. The van der Waals surface area contributed by atoms with Crippen molar-refractivity contribution >= 4 is 0 Å². The molecule has 1 aliphatic heterocycles. The van der Waals surface area contributed by atoms with Gasteiger partial charge in [-0.25, -0.2) is 0 Å². The highest BCUT2D eigenvalue weighted by Gasteiger charge is 2.31. The van der Waals surface area contributed by atoms with Crippen LogP contribution >= 0.6 is 0 Å². The summed E-state index contributed by atoms with van der Waals surface area (Å²) >= 11 is 0. The third-order valence-electron chi connectivity index (χ3n) is 5.37. The molecule has 0 aromatic heterocycles. The first kappa shape index (κ1) is 23.8. The van der Waals surface area contributed by atoms with E-state index in [1.165, 1.54) is 43.7 Å². The minimum atomic E-state index is 0. The van der Waals surface area contributed by atoms with E-state index in [1.54, 1.807) is 15.9 Å². The zero-order valence-electron chi connectivity index (χ0n) is 16.3. The van der Waals surface area contributed by atoms with E-state index in [0.29, 0.717) is 17.7 Å². The number of aromatic hydroxyl groups is 1. The third-order valence-corrected chi connectivity index (χ3v) is 5.37. The maximum absolute atomic E-state index is 9.89. The zero-order chi connectivity index (χ0) is 17.6. The second kappa shape index (κ2) is 11.6. The molecule has 3 N–H and O–H groups in total. The van der Waals surface area contributed by atoms with Gasteiger partial charge in [0.2, 0.25) is 0 Å². The second-order valence-corrected chi connectivity index (χ2v) is 7.85. The Morgan fingerprint density at radius 2 is 1.56 bits per heavy atom. The number of phenols is 1. The maximum Gasteiger partial charge on any atom is 0.128 e. The van der Waals surface area contributed by atoms with Crippen molar-refractivity contribution in [3.05, 3.63) is 65.7 Å². The van der Waals surface area contributed by atoms with Crippen molar-refractivity contribution in [2.75, 3.05) is 26.2 Å². The lowest BCUT2D eigenvalue weighted by molar-refractivity contribution is -1.03. The summed E-state index contributed by atoms with van der Waals surface area (Å²) in [5, 5.41) is 9.89. The van der Waals surface area contributed by atoms with Gasteiger partial charge in [-0.15, -0.1) is 0 Å². The van der Waals surface area contributed by atoms with Crippen LogP contribution in [-0.2, 0) is 6.54 Å². The fraction of sp³-hybridized carbons (Fsp3) is 0.455. The molecule has 1 fully saturated rings. The summed E-state index contributed by atoms with van der Waals surface area (Å²) in [6, 6.07) is 19.2. The van der Waals surface area contributed by atoms with Crippen LogP contribution in [0.1, 0.15) is 37.4 Å². The highest BCUT2D eigenvalue weighted by molar-refractivity contribution is 5.28. The minimum absolute atomic E-state index is 0. The van der Waals surface area contributed by atoms with Gasteiger partial charge in [-0.2, -0.15) is 0 Å². The number of rotatable bonds is 6. The topological polar surface area (TPSA) is 29.1 Å². The van der Waals surface area contributed by atoms with Crippen LogP contribution in [0.25, 0.3) is 0 Å². The molecule has 1 aliphatic rings. The second-order valence-electron chi connectivity index (χ2n) is 7.85. The molecule has 1 saturated heterocycles. The number of phenolic OH excluding ortho intramolecular Hbond substituents is 1. The van der Waals surface area contributed by atoms with Crippen LogP contribution in [-0.4, -0.2) is 31.3 Å². The van der Waals surface area contributed by atoms with Crippen LogP contribution in [0.3, 0.4) is 0 Å². The number of quaternary nitrogens is 2. The number of nitrogens with one attached hydrogen (secondary N) is 2. The summed E-state index contributed by atoms with van der Waals surface area (Å²) in [4.78, 5) is 3.37. The molecule has 2 aromatic rings. The van der Waals surface area contributed by atoms with E-state index in [1.807, 2.05) is 12.1 Å². The fourth-order valence-corrected chi connectivity index (χ4v) is 4.09. The van der Waals surface area contributed by atoms with Crippen LogP contribution < -0.4 is 34.6 Å². The summed E-state index contributed by atoms with van der Waals surface area (Å²) in [5.41, 5.74) is 2.72. The van der Waals surface area contributed by atoms with Gasteiger partial charge in [0, 0.05) is 17.5 Å². The summed E-state index contributed by atoms with van der Waals surface area (Å²) in [5.74, 6) is 1.05. The van der Waals surface area contributed by atoms with Gasteiger partial charge < -0.3 is 39.7 Å². The summed E-state index contributed by atoms with van der Waals surface area (Å²) in [6.07, 6.45) is 1.17. The van der Waals surface area contributed by atoms with Crippen molar-refractivity contribution in [2.45, 2.75) is 32.9 Å². The largest absolute Gasteiger partial charge is 1.00 e. The summed E-state index contributed by atoms with van der Waals surface area (Å²) < 4.78 is 0. The molecule has 0 aliphatic carbocycles. The third kappa shape index (κ3) is 7.00. The van der Waals surface area contributed by atoms with Crippen molar-refractivity contribution in [2.24, 2.45) is 5.92 Å². The molecule has 0 saturated carbocycles. The molecule has 150 valence electrons. The van der Waals surface area contributed by atoms with Crippen molar-refractivity contribution in [1.82, 2.24) is 0 Å². The van der Waals surface area contributed by atoms with Crippen LogP contribution in [0.2, 0.25) is 0 Å². The molecular weight excluding hydrogens is 379 g/mol. The standard InChI is InChI=1S/C22H30N2O.2ClH/c1-18(2)15-22(20-9-6-10-21(25)16-20)24-13-11-23(12-14-24)17-19-7-4-3-5-8-19;;/h3-10,16,18,22,25H,11-15,17H2,1-2H3;2*1H. The molecular formula is C22H32Cl2N2O. The SMILES string of the molecule is CC(C)CC(c1cccc(O)c1)[NH+]1CC[NH+](Cc2ccccc2)CC1.[Cl-].[Cl-]. The first-order chi connectivity index (χ1) is 12.1. The molecule has 2 aromatic carbocycles. The highest BCUT2D eigenvalue weighted by Crippen LogP contribution is 2.22. The molecule has 1 unspecified atom stereocenters. The molecule has 3 nitrogen and oxygen atoms in total. The zero-order valence-corrected chi connectivity index (χ0v) is 17.8. The summed E-state index contributed by atoms with van der Waals surface area (Å²) in [6.45, 7) is 10.6. The van der Waals surface area contributed by atoms with E-state index in [2.05, 4.69) is 50.2 Å². The van der Waals surface area contributed by atoms with Crippen molar-refractivity contribution in [3.8, 4) is 5.75 Å². The molecule has 1 heterocycles. The van der Waals surface area contributed by atoms with E-state index >= 15 is 0 Å². The Bertz CT molecular complexity index is 658. The van der Waals surface area contributed by atoms with Crippen molar-refractivity contribution in [1.29, 1.82) is 0 Å². The van der Waals surface area contributed by atoms with E-state index < -0.39 is 0 Å². The van der Waals surface area contributed by atoms with Gasteiger partial charge in [0.25, 0.3) is 0 Å². The lowest BCUT2D eigenvalue weighted by Crippen LogP contribution is -3.27. The lowest BCUT2D eigenvalue weighted by Gasteiger charge is -2.35. The molecule has 3 rings (SSSR count). The molecule has 27 heavy (non-hydrogen) atoms. The van der Waals surface area contributed by atoms with E-state index in [-0.39, 0.29) is 24.8 Å². The highest BCUT2D eigenvalue weighted by atomic mass is 35.5. The molecule has 0 amide bonds. The average molecular weight is 411 g/mol. The monoisotopic (exact) mass is 410 g/mol. The Hall–Kier alpha value is -1.26. The van der Waals surface area contributed by atoms with Gasteiger partial charge in [0.1, 0.15) is 44.5 Å². The van der Waals surface area contributed by atoms with Crippen LogP contribution in [0, 0.1) is 5.92 Å². The molecule has 0 bridgehead atoms. The van der Waals surface area contributed by atoms with E-state index in [9.17, 15) is 5.11 Å². The molecule has 0 spiro atoms. The number of hydrogen-bond donors (Lipinski definition) is 3. The Kier molecular flexibility index (Phi) is 10.2. The van der Waals surface area contributed by atoms with Crippen LogP contribution in [0.15, 0.2) is 54.6 Å². The Labute approximate surface area is 176 Å². The number of hydrogen-bond acceptors (Lipinski definition) is 1. The normalized spacial score (nSPS) is 20.4. The molecule has 5 heteroatoms. The predicted molar refractivity (Wildman–Crippen MR) is 102 cm³/mol. The van der Waals surface area contributed by atoms with Gasteiger partial charge in [0.15, 0.2) is 0 Å². The van der Waals surface area contributed by atoms with E-state index in [0.717, 1.165) is 6.54 Å². The predicted octanol–water partition coefficient (Wildman–Crippen LogP) is -4.53. The Morgan fingerprint density at radius 1 is 0.889 bits per heavy atom. The van der Waals surface area contributed by atoms with Gasteiger partial charge in [-0.3, -0.25) is 0 Å². The van der Waals surface area contributed by atoms with Gasteiger partial charge in [-0.05, 0) is 18.1 Å². The molecule has 0 radical (unpaired) electrons. The van der Waals surface area contributed by atoms with Crippen molar-refractivity contribution in [3.63, 3.8) is 0 Å².